The van der Waals surface area contributed by atoms with Gasteiger partial charge in [-0.3, -0.25) is 4.79 Å². The van der Waals surface area contributed by atoms with Crippen molar-refractivity contribution in [2.45, 2.75) is 41.0 Å². The lowest BCUT2D eigenvalue weighted by atomic mass is 9.93. The van der Waals surface area contributed by atoms with Crippen LogP contribution in [0.1, 0.15) is 41.0 Å². The molecule has 1 aliphatic rings. The van der Waals surface area contributed by atoms with Crippen molar-refractivity contribution in [3.8, 4) is 0 Å². The average molecular weight is 361 g/mol. The lowest BCUT2D eigenvalue weighted by Crippen LogP contribution is -1.99. The molecule has 0 aromatic heterocycles. The zero-order valence-corrected chi connectivity index (χ0v) is 15.9. The number of allylic oxidation sites excluding steroid dienone is 10. The fraction of sp³-hybridized carbons (Fsp3) is 0.300. The van der Waals surface area contributed by atoms with E-state index in [0.717, 1.165) is 27.9 Å². The van der Waals surface area contributed by atoms with Crippen LogP contribution in [0.4, 0.5) is 0 Å². The van der Waals surface area contributed by atoms with E-state index < -0.39 is 0 Å². The van der Waals surface area contributed by atoms with Gasteiger partial charge in [-0.05, 0) is 70.4 Å². The van der Waals surface area contributed by atoms with Crippen LogP contribution in [-0.2, 0) is 4.79 Å². The van der Waals surface area contributed by atoms with Crippen LogP contribution in [0.2, 0.25) is 0 Å². The van der Waals surface area contributed by atoms with Crippen LogP contribution in [-0.4, -0.2) is 15.9 Å². The SMILES string of the molecule is CC(=O)/C(C)=C(\C)C/C(C)=C(\C=C(/C)Cl)C1=C=CC=C([N+](=O)O)C=C1. The first-order chi connectivity index (χ1) is 11.6. The number of carbonyl (C=O) groups is 1. The summed E-state index contributed by atoms with van der Waals surface area (Å²) in [6.45, 7) is 9.05. The molecule has 4 nitrogen and oxygen atoms in total. The molecule has 25 heavy (non-hydrogen) atoms. The molecule has 132 valence electrons. The number of rotatable bonds is 6. The Hall–Kier alpha value is -2.42. The van der Waals surface area contributed by atoms with Gasteiger partial charge in [0.2, 0.25) is 0 Å². The van der Waals surface area contributed by atoms with Crippen LogP contribution in [0.15, 0.2) is 74.7 Å². The van der Waals surface area contributed by atoms with Gasteiger partial charge in [0.1, 0.15) is 0 Å². The summed E-state index contributed by atoms with van der Waals surface area (Å²) in [6.07, 6.45) is 8.68. The van der Waals surface area contributed by atoms with Crippen LogP contribution in [0, 0.1) is 4.91 Å². The Morgan fingerprint density at radius 1 is 1.20 bits per heavy atom. The topological polar surface area (TPSA) is 57.4 Å². The highest BCUT2D eigenvalue weighted by atomic mass is 35.5. The summed E-state index contributed by atoms with van der Waals surface area (Å²) in [4.78, 5) is 22.4. The van der Waals surface area contributed by atoms with Crippen molar-refractivity contribution in [3.63, 3.8) is 0 Å². The lowest BCUT2D eigenvalue weighted by Gasteiger charge is -2.11. The number of carbonyl (C=O) groups excluding carboxylic acids is 1. The number of Topliss-reactive ketones (excluding diaryl/α,β-unsaturated/α-hetero) is 1. The second-order valence-electron chi connectivity index (χ2n) is 5.99. The molecule has 0 radical (unpaired) electrons. The second kappa shape index (κ2) is 9.16. The van der Waals surface area contributed by atoms with Crippen LogP contribution in [0.3, 0.4) is 0 Å². The normalized spacial score (nSPS) is 16.5. The highest BCUT2D eigenvalue weighted by molar-refractivity contribution is 6.29. The standard InChI is InChI=1S/C20H23ClNO3/c1-13(16(4)17(5)23)11-14(2)20(12-15(3)21)18-7-6-8-19(10-9-18)22(24)25/h6,8-10,12H,11H2,1-5H3,(H,24,25)/q+1/b15-12+,16-13+,20-14+. The van der Waals surface area contributed by atoms with Crippen LogP contribution >= 0.6 is 11.6 Å². The minimum Gasteiger partial charge on any atom is -0.295 e. The highest BCUT2D eigenvalue weighted by Crippen LogP contribution is 2.26. The largest absolute Gasteiger partial charge is 0.317 e. The van der Waals surface area contributed by atoms with Crippen molar-refractivity contribution >= 4 is 17.4 Å². The fourth-order valence-electron chi connectivity index (χ4n) is 2.34. The number of hydrogen-bond donors (Lipinski definition) is 1. The third kappa shape index (κ3) is 6.18. The van der Waals surface area contributed by atoms with Crippen molar-refractivity contribution in [1.82, 2.24) is 0 Å². The molecule has 0 spiro atoms. The molecule has 0 fully saturated rings. The molecule has 0 heterocycles. The van der Waals surface area contributed by atoms with Gasteiger partial charge in [0.25, 0.3) is 4.92 Å². The van der Waals surface area contributed by atoms with Crippen LogP contribution in [0.5, 0.6) is 0 Å². The van der Waals surface area contributed by atoms with E-state index in [2.05, 4.69) is 5.73 Å². The van der Waals surface area contributed by atoms with Gasteiger partial charge >= 0.3 is 5.70 Å². The van der Waals surface area contributed by atoms with Gasteiger partial charge in [0, 0.05) is 22.8 Å². The second-order valence-corrected chi connectivity index (χ2v) is 6.58. The van der Waals surface area contributed by atoms with Crippen molar-refractivity contribution < 1.29 is 14.9 Å². The molecular weight excluding hydrogens is 338 g/mol. The molecule has 0 aliphatic heterocycles. The Morgan fingerprint density at radius 2 is 1.84 bits per heavy atom. The van der Waals surface area contributed by atoms with Gasteiger partial charge in [-0.2, -0.15) is 0 Å². The van der Waals surface area contributed by atoms with E-state index in [9.17, 15) is 9.70 Å². The molecule has 1 N–H and O–H groups in total. The lowest BCUT2D eigenvalue weighted by molar-refractivity contribution is -0.752. The maximum Gasteiger partial charge on any atom is 0.317 e. The maximum absolute atomic E-state index is 11.6. The summed E-state index contributed by atoms with van der Waals surface area (Å²) < 4.78 is 0. The fourth-order valence-corrected chi connectivity index (χ4v) is 2.45. The van der Waals surface area contributed by atoms with Crippen molar-refractivity contribution in [2.24, 2.45) is 0 Å². The molecule has 0 aromatic carbocycles. The van der Waals surface area contributed by atoms with E-state index in [1.54, 1.807) is 26.0 Å². The number of nitrogens with zero attached hydrogens (tertiary/aromatic N) is 1. The van der Waals surface area contributed by atoms with E-state index in [4.69, 9.17) is 16.8 Å². The first-order valence-electron chi connectivity index (χ1n) is 7.86. The zero-order chi connectivity index (χ0) is 19.1. The molecule has 1 aliphatic carbocycles. The third-order valence-electron chi connectivity index (χ3n) is 3.93. The van der Waals surface area contributed by atoms with Gasteiger partial charge in [-0.25, -0.2) is 5.21 Å². The van der Waals surface area contributed by atoms with E-state index >= 15 is 0 Å². The maximum atomic E-state index is 11.6. The minimum absolute atomic E-state index is 0.0525. The number of hydrogen-bond acceptors (Lipinski definition) is 2. The molecular formula is C20H23ClNO3+. The van der Waals surface area contributed by atoms with Gasteiger partial charge in [0.05, 0.1) is 4.91 Å². The van der Waals surface area contributed by atoms with E-state index in [1.807, 2.05) is 26.8 Å². The Balaban J connectivity index is 3.37. The molecule has 0 unspecified atom stereocenters. The van der Waals surface area contributed by atoms with Crippen molar-refractivity contribution in [3.05, 3.63) is 79.6 Å². The highest BCUT2D eigenvalue weighted by Gasteiger charge is 2.14. The minimum atomic E-state index is -0.195. The van der Waals surface area contributed by atoms with Gasteiger partial charge in [0.15, 0.2) is 5.78 Å². The smallest absolute Gasteiger partial charge is 0.295 e. The molecule has 0 saturated carbocycles. The predicted molar refractivity (Wildman–Crippen MR) is 100 cm³/mol. The molecule has 1 rings (SSSR count). The summed E-state index contributed by atoms with van der Waals surface area (Å²) >= 11 is 6.08. The van der Waals surface area contributed by atoms with E-state index in [1.165, 1.54) is 12.2 Å². The van der Waals surface area contributed by atoms with E-state index in [0.29, 0.717) is 11.5 Å². The summed E-state index contributed by atoms with van der Waals surface area (Å²) in [5.41, 5.74) is 7.55. The summed E-state index contributed by atoms with van der Waals surface area (Å²) in [5.74, 6) is 0.0525. The molecule has 0 bridgehead atoms. The Labute approximate surface area is 153 Å². The third-order valence-corrected chi connectivity index (χ3v) is 4.04. The predicted octanol–water partition coefficient (Wildman–Crippen LogP) is 5.46. The Bertz CT molecular complexity index is 810. The molecule has 0 saturated heterocycles. The summed E-state index contributed by atoms with van der Waals surface area (Å²) in [6, 6.07) is 0. The van der Waals surface area contributed by atoms with Crippen molar-refractivity contribution in [2.75, 3.05) is 0 Å². The van der Waals surface area contributed by atoms with Gasteiger partial charge in [-0.15, -0.1) is 5.73 Å². The summed E-state index contributed by atoms with van der Waals surface area (Å²) in [7, 11) is 0. The molecule has 0 amide bonds. The van der Waals surface area contributed by atoms with Crippen LogP contribution < -0.4 is 0 Å². The Kier molecular flexibility index (Phi) is 7.56. The average Bonchev–Trinajstić information content (AvgIpc) is 2.77. The first-order valence-corrected chi connectivity index (χ1v) is 8.23. The molecule has 0 atom stereocenters. The van der Waals surface area contributed by atoms with Crippen molar-refractivity contribution in [1.29, 1.82) is 0 Å². The van der Waals surface area contributed by atoms with Crippen LogP contribution in [0.25, 0.3) is 0 Å². The Morgan fingerprint density at radius 3 is 2.36 bits per heavy atom. The number of ketones is 1. The molecule has 0 aromatic rings. The zero-order valence-electron chi connectivity index (χ0n) is 15.2. The monoisotopic (exact) mass is 360 g/mol. The van der Waals surface area contributed by atoms with Gasteiger partial charge in [-0.1, -0.05) is 22.7 Å². The van der Waals surface area contributed by atoms with E-state index in [-0.39, 0.29) is 16.4 Å². The molecule has 5 heteroatoms. The summed E-state index contributed by atoms with van der Waals surface area (Å²) in [5, 5.41) is 9.64. The van der Waals surface area contributed by atoms with Gasteiger partial charge < -0.3 is 0 Å². The number of halogens is 1. The quantitative estimate of drug-likeness (QED) is 0.296. The first kappa shape index (κ1) is 20.6.